The summed E-state index contributed by atoms with van der Waals surface area (Å²) in [6, 6.07) is 3.41. The van der Waals surface area contributed by atoms with Crippen LogP contribution in [0.2, 0.25) is 0 Å². The zero-order valence-corrected chi connectivity index (χ0v) is 11.4. The van der Waals surface area contributed by atoms with E-state index < -0.39 is 5.91 Å². The van der Waals surface area contributed by atoms with Crippen molar-refractivity contribution >= 4 is 11.6 Å². The van der Waals surface area contributed by atoms with Gasteiger partial charge in [0.1, 0.15) is 0 Å². The van der Waals surface area contributed by atoms with E-state index in [2.05, 4.69) is 25.5 Å². The lowest BCUT2D eigenvalue weighted by Gasteiger charge is -2.04. The van der Waals surface area contributed by atoms with Crippen molar-refractivity contribution in [3.05, 3.63) is 47.9 Å². The lowest BCUT2D eigenvalue weighted by atomic mass is 10.4. The smallest absolute Gasteiger partial charge is 0.294 e. The molecule has 3 aromatic rings. The van der Waals surface area contributed by atoms with Crippen LogP contribution in [0, 0.1) is 13.8 Å². The third kappa shape index (κ3) is 2.64. The van der Waals surface area contributed by atoms with E-state index in [-0.39, 0.29) is 5.76 Å². The van der Waals surface area contributed by atoms with Gasteiger partial charge in [0.2, 0.25) is 5.76 Å². The minimum Gasteiger partial charge on any atom is -0.351 e. The highest BCUT2D eigenvalue weighted by molar-refractivity contribution is 6.01. The summed E-state index contributed by atoms with van der Waals surface area (Å²) in [7, 11) is 0. The summed E-state index contributed by atoms with van der Waals surface area (Å²) >= 11 is 0. The van der Waals surface area contributed by atoms with E-state index in [1.54, 1.807) is 4.68 Å². The van der Waals surface area contributed by atoms with E-state index in [1.807, 2.05) is 19.9 Å². The molecule has 0 radical (unpaired) electrons. The second kappa shape index (κ2) is 5.16. The third-order valence-electron chi connectivity index (χ3n) is 2.76. The van der Waals surface area contributed by atoms with Crippen molar-refractivity contribution in [1.29, 1.82) is 0 Å². The maximum absolute atomic E-state index is 11.8. The first-order chi connectivity index (χ1) is 10.1. The SMILES string of the molecule is Cc1cc(C)n(-c2ncc(NC(=O)c3ccno3)cn2)n1. The van der Waals surface area contributed by atoms with Crippen LogP contribution < -0.4 is 5.32 Å². The van der Waals surface area contributed by atoms with Gasteiger partial charge in [-0.2, -0.15) is 5.10 Å². The number of nitrogens with one attached hydrogen (secondary N) is 1. The molecule has 0 unspecified atom stereocenters. The third-order valence-corrected chi connectivity index (χ3v) is 2.76. The first-order valence-electron chi connectivity index (χ1n) is 6.21. The minimum absolute atomic E-state index is 0.123. The summed E-state index contributed by atoms with van der Waals surface area (Å²) in [5.74, 6) is 0.158. The van der Waals surface area contributed by atoms with Crippen LogP contribution in [0.4, 0.5) is 5.69 Å². The number of hydrogen-bond acceptors (Lipinski definition) is 6. The highest BCUT2D eigenvalue weighted by atomic mass is 16.5. The monoisotopic (exact) mass is 284 g/mol. The summed E-state index contributed by atoms with van der Waals surface area (Å²) < 4.78 is 6.40. The molecule has 0 saturated heterocycles. The number of carbonyl (C=O) groups excluding carboxylic acids is 1. The van der Waals surface area contributed by atoms with Crippen molar-refractivity contribution in [3.63, 3.8) is 0 Å². The fraction of sp³-hybridized carbons (Fsp3) is 0.154. The molecule has 0 fully saturated rings. The lowest BCUT2D eigenvalue weighted by molar-refractivity contribution is 0.0988. The van der Waals surface area contributed by atoms with Crippen LogP contribution in [0.25, 0.3) is 5.95 Å². The number of hydrogen-bond donors (Lipinski definition) is 1. The van der Waals surface area contributed by atoms with Crippen LogP contribution >= 0.6 is 0 Å². The summed E-state index contributed by atoms with van der Waals surface area (Å²) in [6.45, 7) is 3.82. The summed E-state index contributed by atoms with van der Waals surface area (Å²) in [4.78, 5) is 20.1. The van der Waals surface area contributed by atoms with Gasteiger partial charge in [-0.3, -0.25) is 4.79 Å². The molecule has 1 amide bonds. The zero-order chi connectivity index (χ0) is 14.8. The fourth-order valence-corrected chi connectivity index (χ4v) is 1.85. The molecule has 0 atom stereocenters. The second-order valence-corrected chi connectivity index (χ2v) is 4.44. The van der Waals surface area contributed by atoms with Gasteiger partial charge in [-0.25, -0.2) is 14.6 Å². The fourth-order valence-electron chi connectivity index (χ4n) is 1.85. The van der Waals surface area contributed by atoms with Gasteiger partial charge in [-0.05, 0) is 19.9 Å². The number of carbonyl (C=O) groups is 1. The Morgan fingerprint density at radius 2 is 2.05 bits per heavy atom. The van der Waals surface area contributed by atoms with Crippen LogP contribution in [-0.2, 0) is 0 Å². The molecule has 0 aromatic carbocycles. The molecule has 3 heterocycles. The Morgan fingerprint density at radius 1 is 1.29 bits per heavy atom. The molecule has 0 spiro atoms. The first-order valence-corrected chi connectivity index (χ1v) is 6.21. The number of aryl methyl sites for hydroxylation is 2. The molecule has 3 rings (SSSR count). The summed E-state index contributed by atoms with van der Waals surface area (Å²) in [5, 5.41) is 10.4. The van der Waals surface area contributed by atoms with Crippen molar-refractivity contribution in [2.75, 3.05) is 5.32 Å². The van der Waals surface area contributed by atoms with Gasteiger partial charge in [-0.15, -0.1) is 0 Å². The Balaban J connectivity index is 1.78. The Hall–Kier alpha value is -3.03. The van der Waals surface area contributed by atoms with Crippen molar-refractivity contribution in [3.8, 4) is 5.95 Å². The maximum atomic E-state index is 11.8. The normalized spacial score (nSPS) is 10.6. The van der Waals surface area contributed by atoms with Gasteiger partial charge < -0.3 is 9.84 Å². The van der Waals surface area contributed by atoms with Crippen molar-refractivity contribution in [2.45, 2.75) is 13.8 Å². The highest BCUT2D eigenvalue weighted by Crippen LogP contribution is 2.10. The molecule has 21 heavy (non-hydrogen) atoms. The van der Waals surface area contributed by atoms with Crippen molar-refractivity contribution < 1.29 is 9.32 Å². The van der Waals surface area contributed by atoms with E-state index in [4.69, 9.17) is 4.52 Å². The molecule has 3 aromatic heterocycles. The van der Waals surface area contributed by atoms with Gasteiger partial charge in [0, 0.05) is 11.8 Å². The standard InChI is InChI=1S/C13H12N6O2/c1-8-5-9(2)19(18-8)13-14-6-10(7-15-13)17-12(20)11-3-4-16-21-11/h3-7H,1-2H3,(H,17,20). The van der Waals surface area contributed by atoms with E-state index in [0.717, 1.165) is 11.4 Å². The van der Waals surface area contributed by atoms with Crippen molar-refractivity contribution in [1.82, 2.24) is 24.9 Å². The molecule has 0 aliphatic carbocycles. The molecule has 0 aliphatic heterocycles. The van der Waals surface area contributed by atoms with E-state index in [0.29, 0.717) is 11.6 Å². The van der Waals surface area contributed by atoms with Gasteiger partial charge in [0.25, 0.3) is 11.9 Å². The first kappa shape index (κ1) is 13.0. The molecule has 1 N–H and O–H groups in total. The topological polar surface area (TPSA) is 98.7 Å². The van der Waals surface area contributed by atoms with Gasteiger partial charge >= 0.3 is 0 Å². The number of anilines is 1. The van der Waals surface area contributed by atoms with Crippen LogP contribution in [0.3, 0.4) is 0 Å². The summed E-state index contributed by atoms with van der Waals surface area (Å²) in [6.07, 6.45) is 4.41. The van der Waals surface area contributed by atoms with Crippen LogP contribution in [0.5, 0.6) is 0 Å². The Morgan fingerprint density at radius 3 is 2.62 bits per heavy atom. The van der Waals surface area contributed by atoms with Gasteiger partial charge in [0.05, 0.1) is 30.0 Å². The van der Waals surface area contributed by atoms with Gasteiger partial charge in [0.15, 0.2) is 0 Å². The quantitative estimate of drug-likeness (QED) is 0.782. The maximum Gasteiger partial charge on any atom is 0.294 e. The van der Waals surface area contributed by atoms with Crippen LogP contribution in [0.1, 0.15) is 21.9 Å². The molecule has 8 nitrogen and oxygen atoms in total. The van der Waals surface area contributed by atoms with Crippen LogP contribution in [-0.4, -0.2) is 30.8 Å². The molecule has 0 aliphatic rings. The molecule has 0 saturated carbocycles. The average molecular weight is 284 g/mol. The van der Waals surface area contributed by atoms with E-state index in [1.165, 1.54) is 24.7 Å². The Kier molecular flexibility index (Phi) is 3.19. The molecular weight excluding hydrogens is 272 g/mol. The number of aromatic nitrogens is 5. The highest BCUT2D eigenvalue weighted by Gasteiger charge is 2.11. The largest absolute Gasteiger partial charge is 0.351 e. The van der Waals surface area contributed by atoms with E-state index >= 15 is 0 Å². The summed E-state index contributed by atoms with van der Waals surface area (Å²) in [5.41, 5.74) is 2.28. The molecule has 8 heteroatoms. The number of amides is 1. The van der Waals surface area contributed by atoms with E-state index in [9.17, 15) is 4.79 Å². The molecule has 0 bridgehead atoms. The second-order valence-electron chi connectivity index (χ2n) is 4.44. The predicted molar refractivity (Wildman–Crippen MR) is 73.1 cm³/mol. The molecule has 106 valence electrons. The van der Waals surface area contributed by atoms with Crippen molar-refractivity contribution in [2.24, 2.45) is 0 Å². The Labute approximate surface area is 119 Å². The van der Waals surface area contributed by atoms with Crippen LogP contribution in [0.15, 0.2) is 35.2 Å². The zero-order valence-electron chi connectivity index (χ0n) is 11.4. The predicted octanol–water partition coefficient (Wildman–Crippen LogP) is 1.52. The lowest BCUT2D eigenvalue weighted by Crippen LogP contribution is -2.12. The Bertz CT molecular complexity index is 761. The van der Waals surface area contributed by atoms with Gasteiger partial charge in [-0.1, -0.05) is 5.16 Å². The number of rotatable bonds is 3. The molecular formula is C13H12N6O2. The number of nitrogens with zero attached hydrogens (tertiary/aromatic N) is 5. The average Bonchev–Trinajstić information content (AvgIpc) is 3.09. The minimum atomic E-state index is -0.407.